The van der Waals surface area contributed by atoms with Gasteiger partial charge in [-0.25, -0.2) is 0 Å². The maximum absolute atomic E-state index is 6.17. The second-order valence-corrected chi connectivity index (χ2v) is 9.19. The molecule has 2 fully saturated rings. The van der Waals surface area contributed by atoms with Crippen LogP contribution < -0.4 is 5.32 Å². The Morgan fingerprint density at radius 2 is 2.10 bits per heavy atom. The molecule has 21 heavy (non-hydrogen) atoms. The van der Waals surface area contributed by atoms with Crippen LogP contribution in [-0.2, 0) is 9.47 Å². The summed E-state index contributed by atoms with van der Waals surface area (Å²) in [5.41, 5.74) is 0.0575. The van der Waals surface area contributed by atoms with Gasteiger partial charge in [-0.15, -0.1) is 11.3 Å². The monoisotopic (exact) mass is 437 g/mol. The molecule has 1 N–H and O–H groups in total. The van der Waals surface area contributed by atoms with E-state index in [0.29, 0.717) is 12.0 Å². The summed E-state index contributed by atoms with van der Waals surface area (Å²) in [6.45, 7) is 2.55. The lowest BCUT2D eigenvalue weighted by atomic mass is 9.77. The van der Waals surface area contributed by atoms with E-state index in [1.165, 1.54) is 8.66 Å². The van der Waals surface area contributed by atoms with Crippen molar-refractivity contribution in [1.29, 1.82) is 0 Å². The maximum atomic E-state index is 6.17. The molecular weight excluding hydrogens is 418 g/mol. The van der Waals surface area contributed by atoms with Gasteiger partial charge in [-0.1, -0.05) is 0 Å². The highest BCUT2D eigenvalue weighted by molar-refractivity contribution is 9.13. The Labute approximate surface area is 147 Å². The van der Waals surface area contributed by atoms with Gasteiger partial charge in [0.2, 0.25) is 0 Å². The Morgan fingerprint density at radius 1 is 1.33 bits per heavy atom. The van der Waals surface area contributed by atoms with Crippen molar-refractivity contribution in [2.24, 2.45) is 5.92 Å². The van der Waals surface area contributed by atoms with Crippen molar-refractivity contribution < 1.29 is 9.47 Å². The van der Waals surface area contributed by atoms with Crippen molar-refractivity contribution in [1.82, 2.24) is 5.32 Å². The number of halogens is 2. The van der Waals surface area contributed by atoms with E-state index < -0.39 is 0 Å². The van der Waals surface area contributed by atoms with E-state index in [1.54, 1.807) is 0 Å². The molecule has 2 unspecified atom stereocenters. The zero-order valence-electron chi connectivity index (χ0n) is 12.2. The zero-order chi connectivity index (χ0) is 14.9. The fraction of sp³-hybridized carbons (Fsp3) is 0.733. The van der Waals surface area contributed by atoms with Gasteiger partial charge >= 0.3 is 0 Å². The highest BCUT2D eigenvalue weighted by atomic mass is 79.9. The summed E-state index contributed by atoms with van der Waals surface area (Å²) in [5.74, 6) is 0.624. The third-order valence-corrected chi connectivity index (χ3v) is 8.03. The fourth-order valence-electron chi connectivity index (χ4n) is 3.57. The van der Waals surface area contributed by atoms with E-state index >= 15 is 0 Å². The first-order valence-corrected chi connectivity index (χ1v) is 9.87. The zero-order valence-corrected chi connectivity index (χ0v) is 16.2. The molecule has 1 aromatic heterocycles. The Morgan fingerprint density at radius 3 is 2.71 bits per heavy atom. The molecule has 0 amide bonds. The molecule has 0 aliphatic carbocycles. The predicted molar refractivity (Wildman–Crippen MR) is 93.0 cm³/mol. The number of hydrogen-bond donors (Lipinski definition) is 1. The summed E-state index contributed by atoms with van der Waals surface area (Å²) >= 11 is 9.03. The van der Waals surface area contributed by atoms with Crippen molar-refractivity contribution in [3.8, 4) is 0 Å². The van der Waals surface area contributed by atoms with Gasteiger partial charge in [0.05, 0.1) is 9.39 Å². The van der Waals surface area contributed by atoms with Crippen LogP contribution >= 0.6 is 43.2 Å². The van der Waals surface area contributed by atoms with Gasteiger partial charge in [-0.3, -0.25) is 0 Å². The molecule has 3 rings (SSSR count). The Kier molecular flexibility index (Phi) is 5.44. The number of thiophene rings is 1. The van der Waals surface area contributed by atoms with Crippen LogP contribution in [0.15, 0.2) is 14.3 Å². The lowest BCUT2D eigenvalue weighted by molar-refractivity contribution is -0.150. The summed E-state index contributed by atoms with van der Waals surface area (Å²) in [4.78, 5) is 1.39. The standard InChI is InChI=1S/C15H21Br2NO2S/c1-18-13(12-8-11(16)14(17)21-12)10-2-5-20-15(9-10)3-6-19-7-4-15/h8,10,13,18H,2-7,9H2,1H3. The summed E-state index contributed by atoms with van der Waals surface area (Å²) < 4.78 is 14.0. The van der Waals surface area contributed by atoms with E-state index in [-0.39, 0.29) is 5.60 Å². The summed E-state index contributed by atoms with van der Waals surface area (Å²) in [6.07, 6.45) is 4.34. The van der Waals surface area contributed by atoms with Crippen LogP contribution in [0.4, 0.5) is 0 Å². The molecule has 2 saturated heterocycles. The van der Waals surface area contributed by atoms with Crippen molar-refractivity contribution in [2.75, 3.05) is 26.9 Å². The fourth-order valence-corrected chi connectivity index (χ4v) is 5.86. The minimum absolute atomic E-state index is 0.0575. The normalized spacial score (nSPS) is 26.9. The minimum atomic E-state index is 0.0575. The van der Waals surface area contributed by atoms with Crippen LogP contribution in [0.25, 0.3) is 0 Å². The molecule has 2 atom stereocenters. The van der Waals surface area contributed by atoms with Gasteiger partial charge in [0.25, 0.3) is 0 Å². The smallest absolute Gasteiger partial charge is 0.0843 e. The average Bonchev–Trinajstić information content (AvgIpc) is 2.80. The molecule has 1 aromatic rings. The lowest BCUT2D eigenvalue weighted by Crippen LogP contribution is -2.46. The van der Waals surface area contributed by atoms with E-state index in [1.807, 2.05) is 11.3 Å². The molecule has 2 aliphatic heterocycles. The van der Waals surface area contributed by atoms with Crippen LogP contribution in [0.1, 0.15) is 36.6 Å². The molecule has 3 heterocycles. The second-order valence-electron chi connectivity index (χ2n) is 5.93. The Bertz CT molecular complexity index is 463. The van der Waals surface area contributed by atoms with Gasteiger partial charge in [-0.2, -0.15) is 0 Å². The molecule has 118 valence electrons. The molecule has 0 radical (unpaired) electrons. The van der Waals surface area contributed by atoms with Gasteiger partial charge in [0.1, 0.15) is 0 Å². The molecule has 2 aliphatic rings. The molecule has 3 nitrogen and oxygen atoms in total. The predicted octanol–water partition coefficient (Wildman–Crippen LogP) is 4.51. The molecule has 6 heteroatoms. The van der Waals surface area contributed by atoms with E-state index in [4.69, 9.17) is 9.47 Å². The molecule has 0 saturated carbocycles. The van der Waals surface area contributed by atoms with Crippen molar-refractivity contribution in [3.05, 3.63) is 19.2 Å². The van der Waals surface area contributed by atoms with Crippen LogP contribution in [-0.4, -0.2) is 32.5 Å². The first kappa shape index (κ1) is 16.4. The van der Waals surface area contributed by atoms with Crippen molar-refractivity contribution >= 4 is 43.2 Å². The third kappa shape index (κ3) is 3.56. The number of ether oxygens (including phenoxy) is 2. The SMILES string of the molecule is CNC(c1cc(Br)c(Br)s1)C1CCOC2(CCOCC2)C1. The summed E-state index contributed by atoms with van der Waals surface area (Å²) in [7, 11) is 2.07. The average molecular weight is 439 g/mol. The molecule has 1 spiro atoms. The number of rotatable bonds is 3. The first-order chi connectivity index (χ1) is 10.1. The molecule has 0 aromatic carbocycles. The lowest BCUT2D eigenvalue weighted by Gasteiger charge is -2.45. The van der Waals surface area contributed by atoms with Crippen LogP contribution in [0.5, 0.6) is 0 Å². The van der Waals surface area contributed by atoms with Crippen molar-refractivity contribution in [2.45, 2.75) is 37.3 Å². The van der Waals surface area contributed by atoms with Gasteiger partial charge in [0.15, 0.2) is 0 Å². The molecular formula is C15H21Br2NO2S. The Hall–Kier alpha value is 0.540. The highest BCUT2D eigenvalue weighted by Gasteiger charge is 2.41. The van der Waals surface area contributed by atoms with Gasteiger partial charge in [-0.05, 0) is 76.6 Å². The second kappa shape index (κ2) is 6.97. The highest BCUT2D eigenvalue weighted by Crippen LogP contribution is 2.44. The van der Waals surface area contributed by atoms with E-state index in [0.717, 1.165) is 50.0 Å². The quantitative estimate of drug-likeness (QED) is 0.752. The van der Waals surface area contributed by atoms with Gasteiger partial charge in [0, 0.05) is 35.2 Å². The topological polar surface area (TPSA) is 30.5 Å². The molecule has 0 bridgehead atoms. The van der Waals surface area contributed by atoms with Gasteiger partial charge < -0.3 is 14.8 Å². The summed E-state index contributed by atoms with van der Waals surface area (Å²) in [6, 6.07) is 2.64. The van der Waals surface area contributed by atoms with Crippen LogP contribution in [0, 0.1) is 5.92 Å². The summed E-state index contributed by atoms with van der Waals surface area (Å²) in [5, 5.41) is 3.53. The first-order valence-electron chi connectivity index (χ1n) is 7.47. The third-order valence-electron chi connectivity index (χ3n) is 4.69. The van der Waals surface area contributed by atoms with Crippen LogP contribution in [0.3, 0.4) is 0 Å². The largest absolute Gasteiger partial charge is 0.381 e. The number of nitrogens with one attached hydrogen (secondary N) is 1. The van der Waals surface area contributed by atoms with E-state index in [9.17, 15) is 0 Å². The van der Waals surface area contributed by atoms with Crippen LogP contribution in [0.2, 0.25) is 0 Å². The van der Waals surface area contributed by atoms with E-state index in [2.05, 4.69) is 50.3 Å². The Balaban J connectivity index is 1.77. The van der Waals surface area contributed by atoms with Crippen molar-refractivity contribution in [3.63, 3.8) is 0 Å². The maximum Gasteiger partial charge on any atom is 0.0843 e. The number of hydrogen-bond acceptors (Lipinski definition) is 4. The minimum Gasteiger partial charge on any atom is -0.381 e.